The fraction of sp³-hybridized carbons (Fsp3) is 0.278. The number of aldehydes is 1. The third kappa shape index (κ3) is 4.84. The van der Waals surface area contributed by atoms with Gasteiger partial charge >= 0.3 is 6.36 Å². The molecule has 0 amide bonds. The van der Waals surface area contributed by atoms with Gasteiger partial charge in [0, 0.05) is 0 Å². The van der Waals surface area contributed by atoms with Crippen molar-refractivity contribution < 1.29 is 22.7 Å². The zero-order valence-electron chi connectivity index (χ0n) is 12.9. The first-order valence-electron chi connectivity index (χ1n) is 7.23. The molecule has 0 aliphatic rings. The molecule has 2 nitrogen and oxygen atoms in total. The highest BCUT2D eigenvalue weighted by molar-refractivity contribution is 5.82. The van der Waals surface area contributed by atoms with Gasteiger partial charge in [0.05, 0.1) is 5.56 Å². The largest absolute Gasteiger partial charge is 0.573 e. The van der Waals surface area contributed by atoms with Crippen LogP contribution in [0.1, 0.15) is 29.8 Å². The Morgan fingerprint density at radius 2 is 1.65 bits per heavy atom. The summed E-state index contributed by atoms with van der Waals surface area (Å²) in [6.45, 7) is 4.24. The maximum Gasteiger partial charge on any atom is 0.573 e. The van der Waals surface area contributed by atoms with Gasteiger partial charge in [0.2, 0.25) is 0 Å². The molecule has 0 saturated heterocycles. The molecule has 0 bridgehead atoms. The SMILES string of the molecule is CC(C)Cc1ccc(-c2ccc(C=O)c(OC(F)(F)F)c2)cc1. The summed E-state index contributed by atoms with van der Waals surface area (Å²) in [7, 11) is 0. The van der Waals surface area contributed by atoms with Crippen molar-refractivity contribution in [2.24, 2.45) is 5.92 Å². The maximum absolute atomic E-state index is 12.4. The molecule has 0 heterocycles. The lowest BCUT2D eigenvalue weighted by Crippen LogP contribution is -2.18. The van der Waals surface area contributed by atoms with E-state index < -0.39 is 12.1 Å². The molecule has 0 atom stereocenters. The van der Waals surface area contributed by atoms with E-state index in [0.717, 1.165) is 12.0 Å². The molecule has 122 valence electrons. The molecule has 0 spiro atoms. The number of halogens is 3. The van der Waals surface area contributed by atoms with Crippen LogP contribution in [0.2, 0.25) is 0 Å². The van der Waals surface area contributed by atoms with E-state index in [1.165, 1.54) is 17.7 Å². The number of rotatable bonds is 5. The highest BCUT2D eigenvalue weighted by Gasteiger charge is 2.32. The van der Waals surface area contributed by atoms with Gasteiger partial charge in [0.1, 0.15) is 5.75 Å². The van der Waals surface area contributed by atoms with E-state index in [0.29, 0.717) is 17.8 Å². The highest BCUT2D eigenvalue weighted by atomic mass is 19.4. The number of carbonyl (C=O) groups is 1. The molecular formula is C18H17F3O2. The van der Waals surface area contributed by atoms with Gasteiger partial charge in [0.15, 0.2) is 6.29 Å². The minimum atomic E-state index is -4.84. The summed E-state index contributed by atoms with van der Waals surface area (Å²) >= 11 is 0. The number of carbonyl (C=O) groups excluding carboxylic acids is 1. The number of alkyl halides is 3. The summed E-state index contributed by atoms with van der Waals surface area (Å²) in [5.74, 6) is 0.0378. The standard InChI is InChI=1S/C18H17F3O2/c1-12(2)9-13-3-5-14(6-4-13)15-7-8-16(11-22)17(10-15)23-18(19,20)21/h3-8,10-12H,9H2,1-2H3. The van der Waals surface area contributed by atoms with Crippen molar-refractivity contribution in [3.63, 3.8) is 0 Å². The molecule has 0 aromatic heterocycles. The van der Waals surface area contributed by atoms with Crippen LogP contribution in [0.5, 0.6) is 5.75 Å². The summed E-state index contributed by atoms with van der Waals surface area (Å²) in [5.41, 5.74) is 2.36. The Morgan fingerprint density at radius 3 is 2.17 bits per heavy atom. The lowest BCUT2D eigenvalue weighted by Gasteiger charge is -2.12. The zero-order chi connectivity index (χ0) is 17.0. The Balaban J connectivity index is 2.32. The smallest absolute Gasteiger partial charge is 0.405 e. The second kappa shape index (κ2) is 6.86. The Morgan fingerprint density at radius 1 is 1.04 bits per heavy atom. The molecule has 23 heavy (non-hydrogen) atoms. The number of benzene rings is 2. The van der Waals surface area contributed by atoms with E-state index in [2.05, 4.69) is 18.6 Å². The van der Waals surface area contributed by atoms with Gasteiger partial charge in [-0.05, 0) is 41.2 Å². The predicted molar refractivity (Wildman–Crippen MR) is 82.5 cm³/mol. The molecular weight excluding hydrogens is 305 g/mol. The van der Waals surface area contributed by atoms with E-state index >= 15 is 0 Å². The van der Waals surface area contributed by atoms with Crippen molar-refractivity contribution >= 4 is 6.29 Å². The van der Waals surface area contributed by atoms with Crippen LogP contribution < -0.4 is 4.74 Å². The van der Waals surface area contributed by atoms with Crippen molar-refractivity contribution in [2.45, 2.75) is 26.6 Å². The summed E-state index contributed by atoms with van der Waals surface area (Å²) in [6.07, 6.45) is -3.55. The summed E-state index contributed by atoms with van der Waals surface area (Å²) < 4.78 is 41.2. The van der Waals surface area contributed by atoms with Crippen LogP contribution in [0, 0.1) is 5.92 Å². The van der Waals surface area contributed by atoms with Gasteiger partial charge in [-0.15, -0.1) is 13.2 Å². The van der Waals surface area contributed by atoms with Crippen LogP contribution in [-0.2, 0) is 6.42 Å². The average molecular weight is 322 g/mol. The Hall–Kier alpha value is -2.30. The van der Waals surface area contributed by atoms with Crippen LogP contribution in [0.15, 0.2) is 42.5 Å². The predicted octanol–water partition coefficient (Wildman–Crippen LogP) is 5.26. The summed E-state index contributed by atoms with van der Waals surface area (Å²) in [4.78, 5) is 10.9. The maximum atomic E-state index is 12.4. The summed E-state index contributed by atoms with van der Waals surface area (Å²) in [6, 6.07) is 11.8. The molecule has 0 aliphatic heterocycles. The molecule has 0 aliphatic carbocycles. The minimum absolute atomic E-state index is 0.137. The number of ether oxygens (including phenoxy) is 1. The van der Waals surface area contributed by atoms with Gasteiger partial charge in [-0.25, -0.2) is 0 Å². The molecule has 0 unspecified atom stereocenters. The molecule has 5 heteroatoms. The average Bonchev–Trinajstić information content (AvgIpc) is 2.45. The van der Waals surface area contributed by atoms with Gasteiger partial charge in [0.25, 0.3) is 0 Å². The van der Waals surface area contributed by atoms with Crippen molar-refractivity contribution in [1.29, 1.82) is 0 Å². The monoisotopic (exact) mass is 322 g/mol. The second-order valence-electron chi connectivity index (χ2n) is 5.71. The molecule has 2 aromatic rings. The first kappa shape index (κ1) is 17.1. The van der Waals surface area contributed by atoms with E-state index in [1.807, 2.05) is 24.3 Å². The van der Waals surface area contributed by atoms with Crippen LogP contribution in [0.3, 0.4) is 0 Å². The van der Waals surface area contributed by atoms with Gasteiger partial charge in [-0.2, -0.15) is 0 Å². The molecule has 0 N–H and O–H groups in total. The normalized spacial score (nSPS) is 11.6. The zero-order valence-corrected chi connectivity index (χ0v) is 12.9. The topological polar surface area (TPSA) is 26.3 Å². The minimum Gasteiger partial charge on any atom is -0.405 e. The Labute approximate surface area is 132 Å². The number of hydrogen-bond donors (Lipinski definition) is 0. The van der Waals surface area contributed by atoms with Crippen LogP contribution in [0.4, 0.5) is 13.2 Å². The molecule has 0 fully saturated rings. The number of hydrogen-bond acceptors (Lipinski definition) is 2. The molecule has 2 aromatic carbocycles. The second-order valence-corrected chi connectivity index (χ2v) is 5.71. The van der Waals surface area contributed by atoms with Gasteiger partial charge < -0.3 is 4.74 Å². The highest BCUT2D eigenvalue weighted by Crippen LogP contribution is 2.31. The lowest BCUT2D eigenvalue weighted by atomic mass is 9.98. The van der Waals surface area contributed by atoms with Crippen molar-refractivity contribution in [2.75, 3.05) is 0 Å². The molecule has 2 rings (SSSR count). The first-order valence-corrected chi connectivity index (χ1v) is 7.23. The van der Waals surface area contributed by atoms with Crippen LogP contribution in [-0.4, -0.2) is 12.6 Å². The third-order valence-corrected chi connectivity index (χ3v) is 3.30. The van der Waals surface area contributed by atoms with E-state index in [9.17, 15) is 18.0 Å². The third-order valence-electron chi connectivity index (χ3n) is 3.30. The lowest BCUT2D eigenvalue weighted by molar-refractivity contribution is -0.274. The van der Waals surface area contributed by atoms with Gasteiger partial charge in [-0.1, -0.05) is 44.2 Å². The van der Waals surface area contributed by atoms with Crippen molar-refractivity contribution in [3.8, 4) is 16.9 Å². The fourth-order valence-corrected chi connectivity index (χ4v) is 2.33. The van der Waals surface area contributed by atoms with Crippen LogP contribution in [0.25, 0.3) is 11.1 Å². The Kier molecular flexibility index (Phi) is 5.08. The Bertz CT molecular complexity index is 674. The van der Waals surface area contributed by atoms with E-state index in [4.69, 9.17) is 0 Å². The first-order chi connectivity index (χ1) is 10.8. The quantitative estimate of drug-likeness (QED) is 0.702. The van der Waals surface area contributed by atoms with Crippen molar-refractivity contribution in [3.05, 3.63) is 53.6 Å². The van der Waals surface area contributed by atoms with Gasteiger partial charge in [-0.3, -0.25) is 4.79 Å². The molecule has 0 radical (unpaired) electrons. The van der Waals surface area contributed by atoms with E-state index in [1.54, 1.807) is 6.07 Å². The fourth-order valence-electron chi connectivity index (χ4n) is 2.33. The van der Waals surface area contributed by atoms with Crippen molar-refractivity contribution in [1.82, 2.24) is 0 Å². The van der Waals surface area contributed by atoms with Crippen LogP contribution >= 0.6 is 0 Å². The summed E-state index contributed by atoms with van der Waals surface area (Å²) in [5, 5.41) is 0. The van der Waals surface area contributed by atoms with E-state index in [-0.39, 0.29) is 5.56 Å². The molecule has 0 saturated carbocycles.